The summed E-state index contributed by atoms with van der Waals surface area (Å²) in [5, 5.41) is 13.5. The van der Waals surface area contributed by atoms with Crippen LogP contribution in [0.15, 0.2) is 79.1 Å². The first kappa shape index (κ1) is 17.2. The first-order chi connectivity index (χ1) is 12.6. The zero-order chi connectivity index (χ0) is 18.4. The van der Waals surface area contributed by atoms with Crippen molar-refractivity contribution < 1.29 is 9.72 Å². The summed E-state index contributed by atoms with van der Waals surface area (Å²) < 4.78 is 2.00. The van der Waals surface area contributed by atoms with Crippen molar-refractivity contribution >= 4 is 17.7 Å². The van der Waals surface area contributed by atoms with E-state index in [2.05, 4.69) is 5.32 Å². The van der Waals surface area contributed by atoms with Gasteiger partial charge in [-0.05, 0) is 41.5 Å². The third-order valence-electron chi connectivity index (χ3n) is 3.81. The van der Waals surface area contributed by atoms with Crippen LogP contribution in [0.25, 0.3) is 11.8 Å². The van der Waals surface area contributed by atoms with Crippen LogP contribution >= 0.6 is 0 Å². The molecule has 0 unspecified atom stereocenters. The zero-order valence-electron chi connectivity index (χ0n) is 13.9. The molecule has 0 saturated heterocycles. The number of nitro benzene ring substituents is 1. The number of carbonyl (C=O) groups excluding carboxylic acids is 1. The van der Waals surface area contributed by atoms with Crippen molar-refractivity contribution in [2.75, 3.05) is 0 Å². The lowest BCUT2D eigenvalue weighted by Crippen LogP contribution is -2.20. The fourth-order valence-electron chi connectivity index (χ4n) is 2.45. The van der Waals surface area contributed by atoms with Crippen molar-refractivity contribution in [3.8, 4) is 5.69 Å². The van der Waals surface area contributed by atoms with Gasteiger partial charge in [0.05, 0.1) is 4.92 Å². The van der Waals surface area contributed by atoms with Crippen molar-refractivity contribution in [3.05, 3.63) is 100 Å². The van der Waals surface area contributed by atoms with E-state index in [1.807, 2.05) is 53.4 Å². The number of hydrogen-bond acceptors (Lipinski definition) is 3. The van der Waals surface area contributed by atoms with Crippen LogP contribution < -0.4 is 5.32 Å². The lowest BCUT2D eigenvalue weighted by atomic mass is 10.2. The van der Waals surface area contributed by atoms with E-state index in [1.54, 1.807) is 18.2 Å². The average Bonchev–Trinajstić information content (AvgIpc) is 3.20. The molecular formula is C20H17N3O3. The standard InChI is InChI=1S/C20H17N3O3/c24-20(11-8-16-4-3-5-19(14-16)23(25)26)21-15-17-6-9-18(10-7-17)22-12-1-2-13-22/h1-14H,15H2,(H,21,24)/b11-8+. The van der Waals surface area contributed by atoms with Crippen LogP contribution in [-0.2, 0) is 11.3 Å². The van der Waals surface area contributed by atoms with Crippen LogP contribution in [0.4, 0.5) is 5.69 Å². The normalized spacial score (nSPS) is 10.8. The predicted octanol–water partition coefficient (Wildman–Crippen LogP) is 3.72. The fraction of sp³-hybridized carbons (Fsp3) is 0.0500. The molecular weight excluding hydrogens is 330 g/mol. The molecule has 1 aromatic heterocycles. The smallest absolute Gasteiger partial charge is 0.270 e. The van der Waals surface area contributed by atoms with Gasteiger partial charge in [0.1, 0.15) is 0 Å². The molecule has 0 aliphatic heterocycles. The van der Waals surface area contributed by atoms with Crippen molar-refractivity contribution in [1.82, 2.24) is 9.88 Å². The number of amides is 1. The van der Waals surface area contributed by atoms with E-state index in [9.17, 15) is 14.9 Å². The highest BCUT2D eigenvalue weighted by Crippen LogP contribution is 2.14. The van der Waals surface area contributed by atoms with E-state index in [1.165, 1.54) is 18.2 Å². The average molecular weight is 347 g/mol. The number of benzene rings is 2. The van der Waals surface area contributed by atoms with E-state index < -0.39 is 4.92 Å². The molecule has 3 rings (SSSR count). The van der Waals surface area contributed by atoms with E-state index in [-0.39, 0.29) is 11.6 Å². The number of hydrogen-bond donors (Lipinski definition) is 1. The van der Waals surface area contributed by atoms with Crippen LogP contribution in [0.5, 0.6) is 0 Å². The minimum absolute atomic E-state index is 0.00431. The molecule has 0 bridgehead atoms. The summed E-state index contributed by atoms with van der Waals surface area (Å²) in [6.45, 7) is 0.407. The predicted molar refractivity (Wildman–Crippen MR) is 99.7 cm³/mol. The number of non-ortho nitro benzene ring substituents is 1. The summed E-state index contributed by atoms with van der Waals surface area (Å²) in [5.41, 5.74) is 2.63. The largest absolute Gasteiger partial charge is 0.348 e. The van der Waals surface area contributed by atoms with Gasteiger partial charge in [0, 0.05) is 42.8 Å². The molecule has 0 saturated carbocycles. The maximum absolute atomic E-state index is 11.9. The number of nitro groups is 1. The van der Waals surface area contributed by atoms with Crippen LogP contribution in [0.3, 0.4) is 0 Å². The van der Waals surface area contributed by atoms with Gasteiger partial charge in [-0.15, -0.1) is 0 Å². The van der Waals surface area contributed by atoms with E-state index in [0.717, 1.165) is 11.3 Å². The van der Waals surface area contributed by atoms with Gasteiger partial charge in [0.25, 0.3) is 5.69 Å². The number of carbonyl (C=O) groups is 1. The van der Waals surface area contributed by atoms with Crippen molar-refractivity contribution in [2.45, 2.75) is 6.54 Å². The molecule has 0 spiro atoms. The second-order valence-corrected chi connectivity index (χ2v) is 5.66. The summed E-state index contributed by atoms with van der Waals surface area (Å²) in [5.74, 6) is -0.258. The second kappa shape index (κ2) is 7.94. The summed E-state index contributed by atoms with van der Waals surface area (Å²) in [7, 11) is 0. The van der Waals surface area contributed by atoms with E-state index in [0.29, 0.717) is 12.1 Å². The number of rotatable bonds is 6. The maximum Gasteiger partial charge on any atom is 0.270 e. The molecule has 26 heavy (non-hydrogen) atoms. The van der Waals surface area contributed by atoms with Gasteiger partial charge < -0.3 is 9.88 Å². The molecule has 0 fully saturated rings. The first-order valence-corrected chi connectivity index (χ1v) is 8.04. The Bertz CT molecular complexity index is 929. The maximum atomic E-state index is 11.9. The molecule has 6 nitrogen and oxygen atoms in total. The Morgan fingerprint density at radius 2 is 1.81 bits per heavy atom. The van der Waals surface area contributed by atoms with Crippen molar-refractivity contribution in [3.63, 3.8) is 0 Å². The molecule has 2 aromatic carbocycles. The lowest BCUT2D eigenvalue weighted by Gasteiger charge is -2.06. The summed E-state index contributed by atoms with van der Waals surface area (Å²) >= 11 is 0. The molecule has 1 amide bonds. The van der Waals surface area contributed by atoms with E-state index >= 15 is 0 Å². The summed E-state index contributed by atoms with van der Waals surface area (Å²) in [6.07, 6.45) is 6.86. The molecule has 0 atom stereocenters. The Morgan fingerprint density at radius 1 is 1.08 bits per heavy atom. The Labute approximate surface area is 150 Å². The Kier molecular flexibility index (Phi) is 5.24. The van der Waals surface area contributed by atoms with Gasteiger partial charge in [-0.3, -0.25) is 14.9 Å². The molecule has 1 N–H and O–H groups in total. The zero-order valence-corrected chi connectivity index (χ0v) is 13.9. The number of aromatic nitrogens is 1. The second-order valence-electron chi connectivity index (χ2n) is 5.66. The van der Waals surface area contributed by atoms with Gasteiger partial charge in [-0.2, -0.15) is 0 Å². The highest BCUT2D eigenvalue weighted by molar-refractivity contribution is 5.91. The highest BCUT2D eigenvalue weighted by Gasteiger charge is 2.04. The molecule has 0 radical (unpaired) electrons. The van der Waals surface area contributed by atoms with Crippen LogP contribution in [0.1, 0.15) is 11.1 Å². The first-order valence-electron chi connectivity index (χ1n) is 8.04. The summed E-state index contributed by atoms with van der Waals surface area (Å²) in [6, 6.07) is 17.9. The topological polar surface area (TPSA) is 77.2 Å². The molecule has 0 aliphatic carbocycles. The number of nitrogens with one attached hydrogen (secondary N) is 1. The third-order valence-corrected chi connectivity index (χ3v) is 3.81. The molecule has 0 aliphatic rings. The lowest BCUT2D eigenvalue weighted by molar-refractivity contribution is -0.384. The molecule has 130 valence electrons. The van der Waals surface area contributed by atoms with E-state index in [4.69, 9.17) is 0 Å². The van der Waals surface area contributed by atoms with Crippen LogP contribution in [-0.4, -0.2) is 15.4 Å². The Hall–Kier alpha value is -3.67. The van der Waals surface area contributed by atoms with Crippen molar-refractivity contribution in [2.24, 2.45) is 0 Å². The third kappa shape index (κ3) is 4.45. The minimum Gasteiger partial charge on any atom is -0.348 e. The van der Waals surface area contributed by atoms with Gasteiger partial charge >= 0.3 is 0 Å². The SMILES string of the molecule is O=C(/C=C/c1cccc([N+](=O)[O-])c1)NCc1ccc(-n2cccc2)cc1. The minimum atomic E-state index is -0.463. The van der Waals surface area contributed by atoms with Crippen molar-refractivity contribution in [1.29, 1.82) is 0 Å². The quantitative estimate of drug-likeness (QED) is 0.419. The van der Waals surface area contributed by atoms with Crippen LogP contribution in [0, 0.1) is 10.1 Å². The summed E-state index contributed by atoms with van der Waals surface area (Å²) in [4.78, 5) is 22.2. The molecule has 3 aromatic rings. The fourth-order valence-corrected chi connectivity index (χ4v) is 2.45. The van der Waals surface area contributed by atoms with Crippen LogP contribution in [0.2, 0.25) is 0 Å². The Balaban J connectivity index is 1.55. The monoisotopic (exact) mass is 347 g/mol. The van der Waals surface area contributed by atoms with Gasteiger partial charge in [-0.1, -0.05) is 24.3 Å². The number of nitrogens with zero attached hydrogens (tertiary/aromatic N) is 2. The van der Waals surface area contributed by atoms with Gasteiger partial charge in [0.2, 0.25) is 5.91 Å². The highest BCUT2D eigenvalue weighted by atomic mass is 16.6. The van der Waals surface area contributed by atoms with Gasteiger partial charge in [0.15, 0.2) is 0 Å². The molecule has 1 heterocycles. The van der Waals surface area contributed by atoms with Gasteiger partial charge in [-0.25, -0.2) is 0 Å². The Morgan fingerprint density at radius 3 is 2.50 bits per heavy atom. The molecule has 6 heteroatoms.